The van der Waals surface area contributed by atoms with Crippen molar-refractivity contribution in [2.24, 2.45) is 5.41 Å². The Morgan fingerprint density at radius 1 is 1.40 bits per heavy atom. The number of rotatable bonds is 6. The summed E-state index contributed by atoms with van der Waals surface area (Å²) in [5, 5.41) is 7.64. The number of methoxy groups -OCH3 is 1. The van der Waals surface area contributed by atoms with Gasteiger partial charge in [-0.2, -0.15) is 4.98 Å². The monoisotopic (exact) mass is 281 g/mol. The maximum absolute atomic E-state index is 5.59. The van der Waals surface area contributed by atoms with Gasteiger partial charge in [0.15, 0.2) is 0 Å². The fourth-order valence-corrected chi connectivity index (χ4v) is 2.65. The fraction of sp³-hybridized carbons (Fsp3) is 0.867. The maximum atomic E-state index is 5.59. The lowest BCUT2D eigenvalue weighted by Gasteiger charge is -2.37. The van der Waals surface area contributed by atoms with Crippen LogP contribution in [0.3, 0.4) is 0 Å². The molecular formula is C15H27N3O2. The van der Waals surface area contributed by atoms with Gasteiger partial charge in [-0.15, -0.1) is 0 Å². The third-order valence-electron chi connectivity index (χ3n) is 4.30. The zero-order chi connectivity index (χ0) is 14.8. The molecule has 1 aliphatic rings. The number of nitrogens with zero attached hydrogens (tertiary/aromatic N) is 2. The summed E-state index contributed by atoms with van der Waals surface area (Å²) in [6, 6.07) is 0.320. The van der Waals surface area contributed by atoms with E-state index >= 15 is 0 Å². The second-order valence-corrected chi connectivity index (χ2v) is 6.74. The van der Waals surface area contributed by atoms with Gasteiger partial charge in [0.1, 0.15) is 5.60 Å². The highest BCUT2D eigenvalue weighted by molar-refractivity contribution is 5.07. The van der Waals surface area contributed by atoms with Crippen molar-refractivity contribution < 1.29 is 9.26 Å². The number of hydrogen-bond donors (Lipinski definition) is 1. The average Bonchev–Trinajstić information content (AvgIpc) is 2.76. The van der Waals surface area contributed by atoms with Gasteiger partial charge in [-0.1, -0.05) is 32.9 Å². The topological polar surface area (TPSA) is 60.2 Å². The Bertz CT molecular complexity index is 427. The summed E-state index contributed by atoms with van der Waals surface area (Å²) < 4.78 is 11.0. The molecule has 1 aliphatic carbocycles. The lowest BCUT2D eigenvalue weighted by Crippen LogP contribution is -2.42. The molecule has 0 spiro atoms. The SMILES string of the molecule is CCNC(Cc1nc(C2(OC)CCC2)no1)C(C)(C)C. The second-order valence-electron chi connectivity index (χ2n) is 6.74. The van der Waals surface area contributed by atoms with Crippen LogP contribution in [0, 0.1) is 5.41 Å². The van der Waals surface area contributed by atoms with E-state index in [9.17, 15) is 0 Å². The van der Waals surface area contributed by atoms with Crippen molar-refractivity contribution >= 4 is 0 Å². The van der Waals surface area contributed by atoms with E-state index in [2.05, 4.69) is 43.2 Å². The van der Waals surface area contributed by atoms with Crippen molar-refractivity contribution in [1.29, 1.82) is 0 Å². The largest absolute Gasteiger partial charge is 0.370 e. The van der Waals surface area contributed by atoms with Crippen LogP contribution >= 0.6 is 0 Å². The van der Waals surface area contributed by atoms with E-state index in [4.69, 9.17) is 9.26 Å². The quantitative estimate of drug-likeness (QED) is 0.868. The van der Waals surface area contributed by atoms with Crippen molar-refractivity contribution in [3.63, 3.8) is 0 Å². The lowest BCUT2D eigenvalue weighted by molar-refractivity contribution is -0.0858. The number of aromatic nitrogens is 2. The number of hydrogen-bond acceptors (Lipinski definition) is 5. The van der Waals surface area contributed by atoms with E-state index < -0.39 is 0 Å². The molecular weight excluding hydrogens is 254 g/mol. The molecule has 20 heavy (non-hydrogen) atoms. The number of likely N-dealkylation sites (N-methyl/N-ethyl adjacent to an activating group) is 1. The standard InChI is InChI=1S/C15H27N3O2/c1-6-16-11(14(2,3)4)10-12-17-13(18-20-12)15(19-5)8-7-9-15/h11,16H,6-10H2,1-5H3. The molecule has 1 unspecified atom stereocenters. The zero-order valence-corrected chi connectivity index (χ0v) is 13.3. The molecule has 1 heterocycles. The Morgan fingerprint density at radius 2 is 2.10 bits per heavy atom. The molecule has 5 nitrogen and oxygen atoms in total. The molecule has 0 radical (unpaired) electrons. The van der Waals surface area contributed by atoms with E-state index in [1.165, 1.54) is 6.42 Å². The van der Waals surface area contributed by atoms with Crippen LogP contribution in [-0.2, 0) is 16.8 Å². The van der Waals surface area contributed by atoms with Crippen molar-refractivity contribution in [2.75, 3.05) is 13.7 Å². The molecule has 1 fully saturated rings. The van der Waals surface area contributed by atoms with Crippen LogP contribution in [0.15, 0.2) is 4.52 Å². The van der Waals surface area contributed by atoms with Crippen molar-refractivity contribution in [2.45, 2.75) is 65.0 Å². The minimum absolute atomic E-state index is 0.153. The Labute approximate surface area is 121 Å². The molecule has 5 heteroatoms. The summed E-state index contributed by atoms with van der Waals surface area (Å²) in [7, 11) is 1.73. The molecule has 0 bridgehead atoms. The van der Waals surface area contributed by atoms with E-state index in [1.54, 1.807) is 7.11 Å². The van der Waals surface area contributed by atoms with Gasteiger partial charge in [-0.3, -0.25) is 0 Å². The summed E-state index contributed by atoms with van der Waals surface area (Å²) in [6.45, 7) is 9.72. The van der Waals surface area contributed by atoms with Crippen LogP contribution < -0.4 is 5.32 Å². The zero-order valence-electron chi connectivity index (χ0n) is 13.3. The molecule has 2 rings (SSSR count). The van der Waals surface area contributed by atoms with Crippen LogP contribution in [0.25, 0.3) is 0 Å². The Hall–Kier alpha value is -0.940. The van der Waals surface area contributed by atoms with E-state index in [0.717, 1.165) is 25.8 Å². The third-order valence-corrected chi connectivity index (χ3v) is 4.30. The molecule has 1 N–H and O–H groups in total. The molecule has 1 aromatic heterocycles. The first-order valence-electron chi connectivity index (χ1n) is 7.53. The summed E-state index contributed by atoms with van der Waals surface area (Å²) in [4.78, 5) is 4.57. The van der Waals surface area contributed by atoms with Gasteiger partial charge in [-0.05, 0) is 31.2 Å². The summed E-state index contributed by atoms with van der Waals surface area (Å²) in [5.74, 6) is 1.41. The third kappa shape index (κ3) is 3.04. The van der Waals surface area contributed by atoms with Crippen LogP contribution in [0.1, 0.15) is 58.7 Å². The summed E-state index contributed by atoms with van der Waals surface area (Å²) >= 11 is 0. The van der Waals surface area contributed by atoms with Gasteiger partial charge in [-0.25, -0.2) is 0 Å². The first kappa shape index (κ1) is 15.4. The van der Waals surface area contributed by atoms with Gasteiger partial charge >= 0.3 is 0 Å². The molecule has 114 valence electrons. The highest BCUT2D eigenvalue weighted by Gasteiger charge is 2.43. The first-order valence-corrected chi connectivity index (χ1v) is 7.53. The number of ether oxygens (including phenoxy) is 1. The molecule has 1 aromatic rings. The van der Waals surface area contributed by atoms with Crippen molar-refractivity contribution in [1.82, 2.24) is 15.5 Å². The van der Waals surface area contributed by atoms with Gasteiger partial charge < -0.3 is 14.6 Å². The second kappa shape index (κ2) is 5.82. The maximum Gasteiger partial charge on any atom is 0.228 e. The Morgan fingerprint density at radius 3 is 2.55 bits per heavy atom. The molecule has 0 amide bonds. The van der Waals surface area contributed by atoms with Crippen molar-refractivity contribution in [3.05, 3.63) is 11.7 Å². The summed E-state index contributed by atoms with van der Waals surface area (Å²) in [6.07, 6.45) is 3.89. The van der Waals surface area contributed by atoms with Crippen molar-refractivity contribution in [3.8, 4) is 0 Å². The highest BCUT2D eigenvalue weighted by atomic mass is 16.5. The molecule has 0 saturated heterocycles. The fourth-order valence-electron chi connectivity index (χ4n) is 2.65. The average molecular weight is 281 g/mol. The van der Waals surface area contributed by atoms with Gasteiger partial charge in [0.25, 0.3) is 0 Å². The van der Waals surface area contributed by atoms with Crippen LogP contribution in [-0.4, -0.2) is 29.8 Å². The van der Waals surface area contributed by atoms with Gasteiger partial charge in [0.2, 0.25) is 11.7 Å². The van der Waals surface area contributed by atoms with Crippen LogP contribution in [0.5, 0.6) is 0 Å². The summed E-state index contributed by atoms with van der Waals surface area (Å²) in [5.41, 5.74) is -0.142. The molecule has 1 saturated carbocycles. The Balaban J connectivity index is 2.08. The van der Waals surface area contributed by atoms with E-state index in [1.807, 2.05) is 0 Å². The lowest BCUT2D eigenvalue weighted by atomic mass is 9.79. The van der Waals surface area contributed by atoms with Gasteiger partial charge in [0, 0.05) is 19.6 Å². The predicted molar refractivity (Wildman–Crippen MR) is 77.5 cm³/mol. The van der Waals surface area contributed by atoms with Crippen LogP contribution in [0.4, 0.5) is 0 Å². The minimum Gasteiger partial charge on any atom is -0.370 e. The normalized spacial score (nSPS) is 19.6. The molecule has 0 aliphatic heterocycles. The van der Waals surface area contributed by atoms with Crippen LogP contribution in [0.2, 0.25) is 0 Å². The number of nitrogens with one attached hydrogen (secondary N) is 1. The molecule has 1 atom stereocenters. The van der Waals surface area contributed by atoms with E-state index in [0.29, 0.717) is 17.8 Å². The minimum atomic E-state index is -0.294. The van der Waals surface area contributed by atoms with E-state index in [-0.39, 0.29) is 11.0 Å². The molecule has 0 aromatic carbocycles. The first-order chi connectivity index (χ1) is 9.41. The predicted octanol–water partition coefficient (Wildman–Crippen LogP) is 2.66. The van der Waals surface area contributed by atoms with Gasteiger partial charge in [0.05, 0.1) is 0 Å². The Kier molecular flexibility index (Phi) is 4.49. The smallest absolute Gasteiger partial charge is 0.228 e. The highest BCUT2D eigenvalue weighted by Crippen LogP contribution is 2.42.